The van der Waals surface area contributed by atoms with Gasteiger partial charge < -0.3 is 15.3 Å². The molecule has 2 rings (SSSR count). The van der Waals surface area contributed by atoms with Crippen LogP contribution >= 0.6 is 0 Å². The van der Waals surface area contributed by atoms with E-state index in [2.05, 4.69) is 19.9 Å². The Balaban J connectivity index is 2.23. The van der Waals surface area contributed by atoms with E-state index >= 15 is 0 Å². The molecule has 24 heavy (non-hydrogen) atoms. The second-order valence-corrected chi connectivity index (χ2v) is 8.52. The summed E-state index contributed by atoms with van der Waals surface area (Å²) in [6.45, 7) is 6.80. The first-order valence-corrected chi connectivity index (χ1v) is 9.43. The Kier molecular flexibility index (Phi) is 6.14. The van der Waals surface area contributed by atoms with Crippen LogP contribution in [0.2, 0.25) is 0 Å². The number of fused-ring (bicyclic) bond motifs is 1. The van der Waals surface area contributed by atoms with E-state index in [1.807, 2.05) is 6.92 Å². The van der Waals surface area contributed by atoms with Crippen molar-refractivity contribution in [3.63, 3.8) is 0 Å². The molecule has 5 atom stereocenters. The first kappa shape index (κ1) is 19.5. The number of allylic oxidation sites excluding steroid dienone is 1. The monoisotopic (exact) mass is 338 g/mol. The summed E-state index contributed by atoms with van der Waals surface area (Å²) in [5.74, 6) is 0.366. The molecule has 0 heterocycles. The fourth-order valence-electron chi connectivity index (χ4n) is 5.46. The number of hydrogen-bond acceptors (Lipinski definition) is 3. The van der Waals surface area contributed by atoms with E-state index < -0.39 is 5.97 Å². The zero-order chi connectivity index (χ0) is 18.0. The Hall–Kier alpha value is -0.870. The van der Waals surface area contributed by atoms with Gasteiger partial charge in [0.25, 0.3) is 0 Å². The molecule has 138 valence electrons. The zero-order valence-corrected chi connectivity index (χ0v) is 15.4. The minimum absolute atomic E-state index is 0.0386. The fraction of sp³-hybridized carbons (Fsp3) is 0.850. The van der Waals surface area contributed by atoms with E-state index in [9.17, 15) is 15.0 Å². The van der Waals surface area contributed by atoms with Gasteiger partial charge in [0.1, 0.15) is 0 Å². The maximum Gasteiger partial charge on any atom is 0.303 e. The Bertz CT molecular complexity index is 486. The van der Waals surface area contributed by atoms with Gasteiger partial charge in [-0.2, -0.15) is 0 Å². The predicted octanol–water partition coefficient (Wildman–Crippen LogP) is 3.62. The van der Waals surface area contributed by atoms with Gasteiger partial charge >= 0.3 is 5.97 Å². The second kappa shape index (κ2) is 7.57. The first-order chi connectivity index (χ1) is 11.3. The standard InChI is InChI=1S/C20H34O4/c1-14(11-18(23)24)7-9-19(3)15(2)8-10-20(13-22)16(12-21)5-4-6-17(19)20/h5,14-15,17,21-22H,4,6-13H2,1-3H3,(H,23,24)/t14-,15-,17+,19+,20-/m0/s1. The van der Waals surface area contributed by atoms with E-state index in [0.717, 1.165) is 44.1 Å². The highest BCUT2D eigenvalue weighted by atomic mass is 16.4. The number of aliphatic hydroxyl groups is 2. The number of aliphatic hydroxyl groups excluding tert-OH is 2. The van der Waals surface area contributed by atoms with E-state index in [-0.39, 0.29) is 36.4 Å². The van der Waals surface area contributed by atoms with Crippen molar-refractivity contribution >= 4 is 5.97 Å². The maximum atomic E-state index is 10.9. The number of carboxylic acids is 1. The minimum atomic E-state index is -0.725. The van der Waals surface area contributed by atoms with Crippen molar-refractivity contribution in [1.29, 1.82) is 0 Å². The third-order valence-corrected chi connectivity index (χ3v) is 7.25. The Morgan fingerprint density at radius 1 is 1.38 bits per heavy atom. The topological polar surface area (TPSA) is 77.8 Å². The molecule has 0 aromatic rings. The van der Waals surface area contributed by atoms with Gasteiger partial charge in [0.15, 0.2) is 0 Å². The van der Waals surface area contributed by atoms with E-state index in [1.54, 1.807) is 0 Å². The Morgan fingerprint density at radius 2 is 2.08 bits per heavy atom. The Morgan fingerprint density at radius 3 is 2.67 bits per heavy atom. The fourth-order valence-corrected chi connectivity index (χ4v) is 5.46. The van der Waals surface area contributed by atoms with Gasteiger partial charge in [0.2, 0.25) is 0 Å². The summed E-state index contributed by atoms with van der Waals surface area (Å²) in [5.41, 5.74) is 0.838. The molecule has 4 nitrogen and oxygen atoms in total. The molecule has 0 aromatic heterocycles. The normalized spacial score (nSPS) is 37.5. The summed E-state index contributed by atoms with van der Waals surface area (Å²) in [6.07, 6.45) is 8.28. The van der Waals surface area contributed by atoms with Crippen molar-refractivity contribution in [2.75, 3.05) is 13.2 Å². The second-order valence-electron chi connectivity index (χ2n) is 8.52. The molecule has 2 aliphatic carbocycles. The summed E-state index contributed by atoms with van der Waals surface area (Å²) in [6, 6.07) is 0. The molecule has 0 amide bonds. The lowest BCUT2D eigenvalue weighted by Gasteiger charge is -2.59. The molecule has 0 aromatic carbocycles. The third-order valence-electron chi connectivity index (χ3n) is 7.25. The van der Waals surface area contributed by atoms with Gasteiger partial charge in [0, 0.05) is 11.8 Å². The lowest BCUT2D eigenvalue weighted by Crippen LogP contribution is -2.53. The number of hydrogen-bond donors (Lipinski definition) is 3. The van der Waals surface area contributed by atoms with Crippen molar-refractivity contribution in [2.24, 2.45) is 28.6 Å². The zero-order valence-electron chi connectivity index (χ0n) is 15.4. The van der Waals surface area contributed by atoms with E-state index in [0.29, 0.717) is 11.8 Å². The summed E-state index contributed by atoms with van der Waals surface area (Å²) in [4.78, 5) is 10.9. The van der Waals surface area contributed by atoms with Crippen LogP contribution in [0.4, 0.5) is 0 Å². The molecule has 0 radical (unpaired) electrons. The predicted molar refractivity (Wildman–Crippen MR) is 94.6 cm³/mol. The molecule has 0 saturated heterocycles. The van der Waals surface area contributed by atoms with Crippen LogP contribution in [0.5, 0.6) is 0 Å². The van der Waals surface area contributed by atoms with Gasteiger partial charge in [-0.1, -0.05) is 26.8 Å². The van der Waals surface area contributed by atoms with Crippen LogP contribution < -0.4 is 0 Å². The van der Waals surface area contributed by atoms with Crippen molar-refractivity contribution in [3.8, 4) is 0 Å². The van der Waals surface area contributed by atoms with Gasteiger partial charge in [-0.15, -0.1) is 0 Å². The SMILES string of the molecule is C[C@@H](CC[C@]1(C)[C@@H](C)CC[C@]2(CO)C(CO)=CCC[C@@H]21)CC(=O)O. The van der Waals surface area contributed by atoms with Gasteiger partial charge in [-0.25, -0.2) is 0 Å². The maximum absolute atomic E-state index is 10.9. The largest absolute Gasteiger partial charge is 0.481 e. The van der Waals surface area contributed by atoms with Crippen LogP contribution in [0.15, 0.2) is 11.6 Å². The Labute approximate surface area is 146 Å². The molecular formula is C20H34O4. The highest BCUT2D eigenvalue weighted by molar-refractivity contribution is 5.66. The average molecular weight is 338 g/mol. The lowest BCUT2D eigenvalue weighted by atomic mass is 9.46. The molecule has 0 unspecified atom stereocenters. The first-order valence-electron chi connectivity index (χ1n) is 9.43. The van der Waals surface area contributed by atoms with Gasteiger partial charge in [-0.05, 0) is 67.3 Å². The van der Waals surface area contributed by atoms with Crippen molar-refractivity contribution in [3.05, 3.63) is 11.6 Å². The number of rotatable bonds is 7. The van der Waals surface area contributed by atoms with Crippen LogP contribution in [-0.2, 0) is 4.79 Å². The number of carboxylic acid groups (broad SMARTS) is 1. The lowest BCUT2D eigenvalue weighted by molar-refractivity contribution is -0.138. The van der Waals surface area contributed by atoms with E-state index in [1.165, 1.54) is 0 Å². The number of carbonyl (C=O) groups is 1. The van der Waals surface area contributed by atoms with Crippen LogP contribution in [-0.4, -0.2) is 34.5 Å². The van der Waals surface area contributed by atoms with Gasteiger partial charge in [0.05, 0.1) is 13.2 Å². The van der Waals surface area contributed by atoms with Crippen molar-refractivity contribution in [2.45, 2.75) is 65.7 Å². The minimum Gasteiger partial charge on any atom is -0.481 e. The van der Waals surface area contributed by atoms with Gasteiger partial charge in [-0.3, -0.25) is 4.79 Å². The molecule has 0 aliphatic heterocycles. The number of aliphatic carboxylic acids is 1. The van der Waals surface area contributed by atoms with Crippen LogP contribution in [0.1, 0.15) is 65.7 Å². The summed E-state index contributed by atoms with van der Waals surface area (Å²) >= 11 is 0. The van der Waals surface area contributed by atoms with Crippen molar-refractivity contribution < 1.29 is 20.1 Å². The highest BCUT2D eigenvalue weighted by Crippen LogP contribution is 2.61. The van der Waals surface area contributed by atoms with Crippen LogP contribution in [0, 0.1) is 28.6 Å². The molecule has 0 spiro atoms. The van der Waals surface area contributed by atoms with Crippen LogP contribution in [0.25, 0.3) is 0 Å². The average Bonchev–Trinajstić information content (AvgIpc) is 2.55. The smallest absolute Gasteiger partial charge is 0.303 e. The molecule has 1 saturated carbocycles. The van der Waals surface area contributed by atoms with E-state index in [4.69, 9.17) is 5.11 Å². The summed E-state index contributed by atoms with van der Waals surface area (Å²) < 4.78 is 0. The molecule has 4 heteroatoms. The quantitative estimate of drug-likeness (QED) is 0.620. The van der Waals surface area contributed by atoms with Crippen molar-refractivity contribution in [1.82, 2.24) is 0 Å². The summed E-state index contributed by atoms with van der Waals surface area (Å²) in [7, 11) is 0. The summed E-state index contributed by atoms with van der Waals surface area (Å²) in [5, 5.41) is 29.1. The van der Waals surface area contributed by atoms with Crippen LogP contribution in [0.3, 0.4) is 0 Å². The molecule has 0 bridgehead atoms. The third kappa shape index (κ3) is 3.41. The molecular weight excluding hydrogens is 304 g/mol. The molecule has 1 fully saturated rings. The molecule has 3 N–H and O–H groups in total. The highest BCUT2D eigenvalue weighted by Gasteiger charge is 2.55. The molecule has 2 aliphatic rings.